The number of aliphatic hydroxyl groups excluding tert-OH is 1. The molecule has 2 N–H and O–H groups in total. The minimum atomic E-state index is -0.334. The molecule has 2 fully saturated rings. The van der Waals surface area contributed by atoms with Crippen LogP contribution in [0.2, 0.25) is 0 Å². The number of aromatic nitrogens is 6. The Balaban J connectivity index is 1.23. The molecule has 0 unspecified atom stereocenters. The molecule has 0 spiro atoms. The molecule has 1 saturated carbocycles. The van der Waals surface area contributed by atoms with Crippen molar-refractivity contribution in [3.8, 4) is 28.6 Å². The van der Waals surface area contributed by atoms with E-state index >= 15 is 0 Å². The number of hydrogen-bond acceptors (Lipinski definition) is 8. The molecule has 0 bridgehead atoms. The summed E-state index contributed by atoms with van der Waals surface area (Å²) in [6.45, 7) is 7.89. The van der Waals surface area contributed by atoms with E-state index in [1.807, 2.05) is 44.6 Å². The average molecular weight is 610 g/mol. The van der Waals surface area contributed by atoms with Gasteiger partial charge in [0, 0.05) is 49.3 Å². The first-order chi connectivity index (χ1) is 21.8. The lowest BCUT2D eigenvalue weighted by Crippen LogP contribution is -2.50. The third kappa shape index (κ3) is 6.16. The first kappa shape index (κ1) is 30.7. The number of piperidine rings is 1. The van der Waals surface area contributed by atoms with Crippen LogP contribution in [0.1, 0.15) is 83.7 Å². The number of rotatable bonds is 9. The molecule has 4 aromatic heterocycles. The molecule has 1 amide bonds. The summed E-state index contributed by atoms with van der Waals surface area (Å²) in [4.78, 5) is 25.1. The van der Waals surface area contributed by atoms with Gasteiger partial charge in [-0.25, -0.2) is 14.5 Å². The average Bonchev–Trinajstić information content (AvgIpc) is 3.73. The van der Waals surface area contributed by atoms with Crippen molar-refractivity contribution in [2.45, 2.75) is 84.2 Å². The summed E-state index contributed by atoms with van der Waals surface area (Å²) in [6, 6.07) is 6.73. The smallest absolute Gasteiger partial charge is 0.226 e. The van der Waals surface area contributed by atoms with Crippen molar-refractivity contribution in [2.75, 3.05) is 24.6 Å². The van der Waals surface area contributed by atoms with Crippen LogP contribution in [0.5, 0.6) is 0 Å². The summed E-state index contributed by atoms with van der Waals surface area (Å²) in [7, 11) is 0. The molecule has 1 aliphatic heterocycles. The van der Waals surface area contributed by atoms with Crippen molar-refractivity contribution in [2.24, 2.45) is 11.3 Å². The van der Waals surface area contributed by atoms with Crippen LogP contribution in [0.4, 0.5) is 5.82 Å². The molecular weight excluding hydrogens is 566 g/mol. The van der Waals surface area contributed by atoms with Crippen molar-refractivity contribution in [3.63, 3.8) is 0 Å². The van der Waals surface area contributed by atoms with E-state index in [4.69, 9.17) is 15.1 Å². The Morgan fingerprint density at radius 3 is 2.51 bits per heavy atom. The Kier molecular flexibility index (Phi) is 8.85. The number of hydrogen-bond donors (Lipinski definition) is 2. The van der Waals surface area contributed by atoms with E-state index in [9.17, 15) is 15.2 Å². The second-order valence-corrected chi connectivity index (χ2v) is 13.0. The summed E-state index contributed by atoms with van der Waals surface area (Å²) in [5, 5.41) is 31.4. The van der Waals surface area contributed by atoms with E-state index < -0.39 is 0 Å². The second kappa shape index (κ2) is 13.0. The SMILES string of the molecule is CCC1(C(=O)NC(C)C)CCN(c2ccc(-c3nc(-c4cnn(C5CCC(CCO)CC5)c4)cn4ncc(C#N)c34)cn2)CC1. The Labute approximate surface area is 264 Å². The predicted molar refractivity (Wildman–Crippen MR) is 172 cm³/mol. The standard InChI is InChI=1S/C34H43N9O2/c1-4-34(33(45)39-23(2)3)12-14-41(15-13-34)30-10-7-25(18-36-30)31-32-26(17-35)19-38-43(32)22-29(40-31)27-20-37-42(21-27)28-8-5-24(6-9-28)11-16-44/h7,10,18-24,28,44H,4-6,8-9,11-16H2,1-3H3,(H,39,45). The Morgan fingerprint density at radius 1 is 1.09 bits per heavy atom. The van der Waals surface area contributed by atoms with Gasteiger partial charge in [0.1, 0.15) is 23.0 Å². The lowest BCUT2D eigenvalue weighted by atomic mass is 9.75. The number of carbonyl (C=O) groups is 1. The van der Waals surface area contributed by atoms with Crippen molar-refractivity contribution >= 4 is 17.2 Å². The zero-order valence-corrected chi connectivity index (χ0v) is 26.5. The van der Waals surface area contributed by atoms with Gasteiger partial charge in [-0.3, -0.25) is 9.48 Å². The molecule has 0 aromatic carbocycles. The van der Waals surface area contributed by atoms with Crippen LogP contribution in [-0.4, -0.2) is 66.1 Å². The summed E-state index contributed by atoms with van der Waals surface area (Å²) in [5.74, 6) is 1.62. The molecule has 4 aromatic rings. The van der Waals surface area contributed by atoms with Gasteiger partial charge in [-0.15, -0.1) is 0 Å². The minimum absolute atomic E-state index is 0.128. The number of nitrogens with zero attached hydrogens (tertiary/aromatic N) is 8. The monoisotopic (exact) mass is 609 g/mol. The first-order valence-electron chi connectivity index (χ1n) is 16.3. The minimum Gasteiger partial charge on any atom is -0.396 e. The Hall–Kier alpha value is -4.30. The van der Waals surface area contributed by atoms with E-state index in [2.05, 4.69) is 39.2 Å². The van der Waals surface area contributed by atoms with Gasteiger partial charge in [-0.05, 0) is 83.3 Å². The molecule has 11 nitrogen and oxygen atoms in total. The largest absolute Gasteiger partial charge is 0.396 e. The van der Waals surface area contributed by atoms with Gasteiger partial charge in [-0.2, -0.15) is 15.5 Å². The van der Waals surface area contributed by atoms with Gasteiger partial charge in [0.25, 0.3) is 0 Å². The van der Waals surface area contributed by atoms with E-state index in [1.165, 1.54) is 0 Å². The number of aliphatic hydroxyl groups is 1. The molecular formula is C34H43N9O2. The van der Waals surface area contributed by atoms with Crippen LogP contribution < -0.4 is 10.2 Å². The first-order valence-corrected chi connectivity index (χ1v) is 16.3. The zero-order chi connectivity index (χ0) is 31.6. The normalized spacial score (nSPS) is 20.0. The molecule has 0 radical (unpaired) electrons. The molecule has 5 heterocycles. The summed E-state index contributed by atoms with van der Waals surface area (Å²) >= 11 is 0. The number of fused-ring (bicyclic) bond motifs is 1. The number of carbonyl (C=O) groups excluding carboxylic acids is 1. The Morgan fingerprint density at radius 2 is 1.87 bits per heavy atom. The van der Waals surface area contributed by atoms with Gasteiger partial charge in [0.15, 0.2) is 0 Å². The van der Waals surface area contributed by atoms with Crippen LogP contribution in [0.3, 0.4) is 0 Å². The van der Waals surface area contributed by atoms with Crippen LogP contribution in [0, 0.1) is 22.7 Å². The second-order valence-electron chi connectivity index (χ2n) is 13.0. The summed E-state index contributed by atoms with van der Waals surface area (Å²) < 4.78 is 3.77. The van der Waals surface area contributed by atoms with Crippen LogP contribution in [-0.2, 0) is 4.79 Å². The molecule has 1 saturated heterocycles. The van der Waals surface area contributed by atoms with Gasteiger partial charge in [0.05, 0.1) is 41.4 Å². The third-order valence-electron chi connectivity index (χ3n) is 9.89. The van der Waals surface area contributed by atoms with Crippen LogP contribution in [0.25, 0.3) is 28.0 Å². The van der Waals surface area contributed by atoms with Gasteiger partial charge < -0.3 is 15.3 Å². The fraction of sp³-hybridized carbons (Fsp3) is 0.529. The van der Waals surface area contributed by atoms with Crippen molar-refractivity contribution in [1.82, 2.24) is 34.7 Å². The highest BCUT2D eigenvalue weighted by Crippen LogP contribution is 2.38. The van der Waals surface area contributed by atoms with Gasteiger partial charge in [-0.1, -0.05) is 6.92 Å². The van der Waals surface area contributed by atoms with Crippen LogP contribution in [0.15, 0.2) is 43.1 Å². The van der Waals surface area contributed by atoms with Gasteiger partial charge in [0.2, 0.25) is 5.91 Å². The van der Waals surface area contributed by atoms with E-state index in [-0.39, 0.29) is 24.0 Å². The molecule has 11 heteroatoms. The highest BCUT2D eigenvalue weighted by atomic mass is 16.3. The predicted octanol–water partition coefficient (Wildman–Crippen LogP) is 5.16. The lowest BCUT2D eigenvalue weighted by molar-refractivity contribution is -0.133. The van der Waals surface area contributed by atoms with Crippen molar-refractivity contribution in [3.05, 3.63) is 48.7 Å². The summed E-state index contributed by atoms with van der Waals surface area (Å²) in [5.41, 5.74) is 3.83. The number of nitrogens with one attached hydrogen (secondary N) is 1. The molecule has 6 rings (SSSR count). The molecule has 236 valence electrons. The lowest BCUT2D eigenvalue weighted by Gasteiger charge is -2.41. The Bertz CT molecular complexity index is 1670. The topological polar surface area (TPSA) is 137 Å². The maximum Gasteiger partial charge on any atom is 0.226 e. The molecule has 2 aliphatic rings. The molecule has 0 atom stereocenters. The highest BCUT2D eigenvalue weighted by molar-refractivity contribution is 5.84. The molecule has 45 heavy (non-hydrogen) atoms. The highest BCUT2D eigenvalue weighted by Gasteiger charge is 2.40. The fourth-order valence-corrected chi connectivity index (χ4v) is 7.02. The van der Waals surface area contributed by atoms with E-state index in [0.29, 0.717) is 28.7 Å². The number of anilines is 1. The fourth-order valence-electron chi connectivity index (χ4n) is 7.02. The number of nitriles is 1. The number of amides is 1. The van der Waals surface area contributed by atoms with Gasteiger partial charge >= 0.3 is 0 Å². The zero-order valence-electron chi connectivity index (χ0n) is 26.5. The van der Waals surface area contributed by atoms with E-state index in [1.54, 1.807) is 10.7 Å². The number of pyridine rings is 1. The quantitative estimate of drug-likeness (QED) is 0.265. The molecule has 1 aliphatic carbocycles. The van der Waals surface area contributed by atoms with Crippen LogP contribution >= 0.6 is 0 Å². The van der Waals surface area contributed by atoms with E-state index in [0.717, 1.165) is 87.1 Å². The van der Waals surface area contributed by atoms with Crippen molar-refractivity contribution in [1.29, 1.82) is 5.26 Å². The summed E-state index contributed by atoms with van der Waals surface area (Å²) in [6.07, 6.45) is 16.7. The maximum absolute atomic E-state index is 13.0. The van der Waals surface area contributed by atoms with Crippen molar-refractivity contribution < 1.29 is 9.90 Å². The third-order valence-corrected chi connectivity index (χ3v) is 9.89. The maximum atomic E-state index is 13.0.